The number of halogens is 1. The minimum atomic E-state index is -0.318. The molecule has 2 aromatic rings. The molecule has 0 radical (unpaired) electrons. The van der Waals surface area contributed by atoms with Crippen LogP contribution in [-0.4, -0.2) is 19.6 Å². The van der Waals surface area contributed by atoms with Crippen LogP contribution in [0.2, 0.25) is 0 Å². The lowest BCUT2D eigenvalue weighted by atomic mass is 10.2. The smallest absolute Gasteiger partial charge is 0.223 e. The first-order chi connectivity index (χ1) is 10.7. The number of benzene rings is 2. The van der Waals surface area contributed by atoms with Crippen LogP contribution in [0.5, 0.6) is 11.5 Å². The van der Waals surface area contributed by atoms with Gasteiger partial charge < -0.3 is 14.8 Å². The normalized spacial score (nSPS) is 10.1. The van der Waals surface area contributed by atoms with Crippen molar-refractivity contribution in [1.29, 1.82) is 0 Å². The predicted molar refractivity (Wildman–Crippen MR) is 81.4 cm³/mol. The molecule has 0 spiro atoms. The Morgan fingerprint density at radius 3 is 2.59 bits per heavy atom. The SMILES string of the molecule is COc1ccccc1CNC(=O)CCOc1ccc(F)cc1. The van der Waals surface area contributed by atoms with Crippen LogP contribution >= 0.6 is 0 Å². The Bertz CT molecular complexity index is 614. The summed E-state index contributed by atoms with van der Waals surface area (Å²) in [7, 11) is 1.59. The molecule has 0 heterocycles. The first-order valence-corrected chi connectivity index (χ1v) is 6.96. The molecule has 0 aromatic heterocycles. The van der Waals surface area contributed by atoms with E-state index in [9.17, 15) is 9.18 Å². The van der Waals surface area contributed by atoms with E-state index in [-0.39, 0.29) is 24.8 Å². The van der Waals surface area contributed by atoms with Gasteiger partial charge in [-0.1, -0.05) is 18.2 Å². The van der Waals surface area contributed by atoms with Crippen LogP contribution in [0.3, 0.4) is 0 Å². The highest BCUT2D eigenvalue weighted by atomic mass is 19.1. The predicted octanol–water partition coefficient (Wildman–Crippen LogP) is 2.92. The number of carbonyl (C=O) groups is 1. The van der Waals surface area contributed by atoms with Crippen molar-refractivity contribution in [3.8, 4) is 11.5 Å². The molecule has 1 N–H and O–H groups in total. The Balaban J connectivity index is 1.73. The van der Waals surface area contributed by atoms with Gasteiger partial charge in [0.2, 0.25) is 5.91 Å². The van der Waals surface area contributed by atoms with Gasteiger partial charge in [0, 0.05) is 12.1 Å². The second-order valence-corrected chi connectivity index (χ2v) is 4.64. The molecule has 1 amide bonds. The summed E-state index contributed by atoms with van der Waals surface area (Å²) in [5.74, 6) is 0.846. The van der Waals surface area contributed by atoms with E-state index in [2.05, 4.69) is 5.32 Å². The Kier molecular flexibility index (Phi) is 5.77. The summed E-state index contributed by atoms with van der Waals surface area (Å²) < 4.78 is 23.3. The zero-order valence-corrected chi connectivity index (χ0v) is 12.3. The molecule has 116 valence electrons. The zero-order chi connectivity index (χ0) is 15.8. The van der Waals surface area contributed by atoms with Crippen molar-refractivity contribution in [2.24, 2.45) is 0 Å². The van der Waals surface area contributed by atoms with E-state index in [1.807, 2.05) is 24.3 Å². The molecule has 0 fully saturated rings. The van der Waals surface area contributed by atoms with Gasteiger partial charge in [-0.25, -0.2) is 4.39 Å². The molecular formula is C17H18FNO3. The first-order valence-electron chi connectivity index (χ1n) is 6.96. The molecule has 5 heteroatoms. The Labute approximate surface area is 128 Å². The minimum absolute atomic E-state index is 0.118. The second kappa shape index (κ2) is 8.02. The van der Waals surface area contributed by atoms with Crippen molar-refractivity contribution in [2.45, 2.75) is 13.0 Å². The monoisotopic (exact) mass is 303 g/mol. The highest BCUT2D eigenvalue weighted by Gasteiger charge is 2.05. The molecule has 2 rings (SSSR count). The quantitative estimate of drug-likeness (QED) is 0.855. The molecule has 0 saturated heterocycles. The van der Waals surface area contributed by atoms with Crippen LogP contribution in [-0.2, 0) is 11.3 Å². The third-order valence-corrected chi connectivity index (χ3v) is 3.08. The number of rotatable bonds is 7. The van der Waals surface area contributed by atoms with Gasteiger partial charge in [0.1, 0.15) is 17.3 Å². The number of amides is 1. The number of hydrogen-bond acceptors (Lipinski definition) is 3. The summed E-state index contributed by atoms with van der Waals surface area (Å²) in [6.07, 6.45) is 0.229. The van der Waals surface area contributed by atoms with Crippen molar-refractivity contribution in [3.63, 3.8) is 0 Å². The molecular weight excluding hydrogens is 285 g/mol. The summed E-state index contributed by atoms with van der Waals surface area (Å²) in [6, 6.07) is 13.2. The van der Waals surface area contributed by atoms with E-state index < -0.39 is 0 Å². The summed E-state index contributed by atoms with van der Waals surface area (Å²) in [4.78, 5) is 11.8. The number of methoxy groups -OCH3 is 1. The maximum Gasteiger partial charge on any atom is 0.223 e. The largest absolute Gasteiger partial charge is 0.496 e. The standard InChI is InChI=1S/C17H18FNO3/c1-21-16-5-3-2-4-13(16)12-19-17(20)10-11-22-15-8-6-14(18)7-9-15/h2-9H,10-12H2,1H3,(H,19,20). The van der Waals surface area contributed by atoms with Gasteiger partial charge in [-0.15, -0.1) is 0 Å². The summed E-state index contributed by atoms with van der Waals surface area (Å²) in [5.41, 5.74) is 0.915. The highest BCUT2D eigenvalue weighted by molar-refractivity contribution is 5.76. The molecule has 0 atom stereocenters. The van der Waals surface area contributed by atoms with Gasteiger partial charge in [-0.05, 0) is 30.3 Å². The van der Waals surface area contributed by atoms with Gasteiger partial charge in [0.05, 0.1) is 20.1 Å². The fraction of sp³-hybridized carbons (Fsp3) is 0.235. The Morgan fingerprint density at radius 1 is 1.14 bits per heavy atom. The van der Waals surface area contributed by atoms with Gasteiger partial charge in [-0.2, -0.15) is 0 Å². The fourth-order valence-electron chi connectivity index (χ4n) is 1.92. The van der Waals surface area contributed by atoms with Gasteiger partial charge >= 0.3 is 0 Å². The average molecular weight is 303 g/mol. The van der Waals surface area contributed by atoms with Crippen molar-refractivity contribution < 1.29 is 18.7 Å². The number of para-hydroxylation sites is 1. The summed E-state index contributed by atoms with van der Waals surface area (Å²) in [5, 5.41) is 2.81. The molecule has 0 aliphatic carbocycles. The number of nitrogens with one attached hydrogen (secondary N) is 1. The Hall–Kier alpha value is -2.56. The van der Waals surface area contributed by atoms with E-state index in [1.165, 1.54) is 24.3 Å². The highest BCUT2D eigenvalue weighted by Crippen LogP contribution is 2.16. The van der Waals surface area contributed by atoms with E-state index in [0.29, 0.717) is 12.3 Å². The van der Waals surface area contributed by atoms with Crippen LogP contribution in [0.1, 0.15) is 12.0 Å². The summed E-state index contributed by atoms with van der Waals surface area (Å²) >= 11 is 0. The Morgan fingerprint density at radius 2 is 1.86 bits per heavy atom. The third-order valence-electron chi connectivity index (χ3n) is 3.08. The molecule has 0 aliphatic rings. The van der Waals surface area contributed by atoms with Gasteiger partial charge in [0.15, 0.2) is 0 Å². The van der Waals surface area contributed by atoms with E-state index in [4.69, 9.17) is 9.47 Å². The maximum absolute atomic E-state index is 12.7. The van der Waals surface area contributed by atoms with Crippen LogP contribution in [0.15, 0.2) is 48.5 Å². The van der Waals surface area contributed by atoms with Crippen LogP contribution < -0.4 is 14.8 Å². The lowest BCUT2D eigenvalue weighted by Crippen LogP contribution is -2.24. The van der Waals surface area contributed by atoms with Gasteiger partial charge in [0.25, 0.3) is 0 Å². The van der Waals surface area contributed by atoms with E-state index in [1.54, 1.807) is 7.11 Å². The second-order valence-electron chi connectivity index (χ2n) is 4.64. The minimum Gasteiger partial charge on any atom is -0.496 e. The zero-order valence-electron chi connectivity index (χ0n) is 12.3. The fourth-order valence-corrected chi connectivity index (χ4v) is 1.92. The molecule has 0 bridgehead atoms. The van der Waals surface area contributed by atoms with Crippen molar-refractivity contribution in [1.82, 2.24) is 5.32 Å². The van der Waals surface area contributed by atoms with Crippen LogP contribution in [0.4, 0.5) is 4.39 Å². The molecule has 2 aromatic carbocycles. The molecule has 0 saturated carbocycles. The van der Waals surface area contributed by atoms with Gasteiger partial charge in [-0.3, -0.25) is 4.79 Å². The molecule has 0 unspecified atom stereocenters. The van der Waals surface area contributed by atoms with E-state index >= 15 is 0 Å². The topological polar surface area (TPSA) is 47.6 Å². The number of carbonyl (C=O) groups excluding carboxylic acids is 1. The maximum atomic E-state index is 12.7. The van der Waals surface area contributed by atoms with E-state index in [0.717, 1.165) is 11.3 Å². The molecule has 0 aliphatic heterocycles. The number of hydrogen-bond donors (Lipinski definition) is 1. The van der Waals surface area contributed by atoms with Crippen molar-refractivity contribution in [3.05, 3.63) is 59.9 Å². The summed E-state index contributed by atoms with van der Waals surface area (Å²) in [6.45, 7) is 0.642. The van der Waals surface area contributed by atoms with Crippen molar-refractivity contribution in [2.75, 3.05) is 13.7 Å². The van der Waals surface area contributed by atoms with Crippen LogP contribution in [0, 0.1) is 5.82 Å². The van der Waals surface area contributed by atoms with Crippen LogP contribution in [0.25, 0.3) is 0 Å². The third kappa shape index (κ3) is 4.77. The number of ether oxygens (including phenoxy) is 2. The lowest BCUT2D eigenvalue weighted by Gasteiger charge is -2.10. The average Bonchev–Trinajstić information content (AvgIpc) is 2.55. The molecule has 22 heavy (non-hydrogen) atoms. The first kappa shape index (κ1) is 15.8. The molecule has 4 nitrogen and oxygen atoms in total. The lowest BCUT2D eigenvalue weighted by molar-refractivity contribution is -0.121. The van der Waals surface area contributed by atoms with Crippen molar-refractivity contribution >= 4 is 5.91 Å².